The number of para-hydroxylation sites is 1. The molecule has 5 nitrogen and oxygen atoms in total. The van der Waals surface area contributed by atoms with Gasteiger partial charge in [0.15, 0.2) is 5.69 Å². The summed E-state index contributed by atoms with van der Waals surface area (Å²) in [7, 11) is 0. The molecular formula is C23H19N3O2. The van der Waals surface area contributed by atoms with Crippen molar-refractivity contribution in [1.82, 2.24) is 4.57 Å². The van der Waals surface area contributed by atoms with E-state index in [0.29, 0.717) is 12.2 Å². The first-order chi connectivity index (χ1) is 13.7. The maximum atomic E-state index is 12.2. The number of carbonyl (C=O) groups is 1. The lowest BCUT2D eigenvalue weighted by molar-refractivity contribution is -0.117. The highest BCUT2D eigenvalue weighted by molar-refractivity contribution is 5.95. The second-order valence-corrected chi connectivity index (χ2v) is 6.52. The Labute approximate surface area is 162 Å². The molecule has 0 bridgehead atoms. The van der Waals surface area contributed by atoms with Crippen LogP contribution in [0.25, 0.3) is 10.9 Å². The minimum absolute atomic E-state index is 0.00122. The van der Waals surface area contributed by atoms with E-state index in [4.69, 9.17) is 0 Å². The van der Waals surface area contributed by atoms with Crippen LogP contribution in [0.3, 0.4) is 0 Å². The van der Waals surface area contributed by atoms with Crippen molar-refractivity contribution in [3.05, 3.63) is 96.1 Å². The van der Waals surface area contributed by atoms with Crippen LogP contribution in [0.1, 0.15) is 11.1 Å². The first kappa shape index (κ1) is 17.7. The van der Waals surface area contributed by atoms with Gasteiger partial charge in [-0.15, -0.1) is 10.2 Å². The molecule has 0 aliphatic heterocycles. The predicted octanol–water partition coefficient (Wildman–Crippen LogP) is 5.25. The minimum atomic E-state index is -0.356. The molecule has 4 rings (SSSR count). The fourth-order valence-corrected chi connectivity index (χ4v) is 3.21. The highest BCUT2D eigenvalue weighted by Crippen LogP contribution is 2.39. The zero-order chi connectivity index (χ0) is 19.3. The fourth-order valence-electron chi connectivity index (χ4n) is 3.21. The van der Waals surface area contributed by atoms with Crippen molar-refractivity contribution in [1.29, 1.82) is 0 Å². The maximum absolute atomic E-state index is 12.2. The SMILES string of the molecule is O=C(Cc1ccccc1)N=Nc1c(O)n(Cc2ccccc2)c2ccccc12. The van der Waals surface area contributed by atoms with Crippen LogP contribution in [0.2, 0.25) is 0 Å². The molecule has 0 aliphatic carbocycles. The molecule has 0 unspecified atom stereocenters. The molecule has 3 aromatic carbocycles. The predicted molar refractivity (Wildman–Crippen MR) is 109 cm³/mol. The van der Waals surface area contributed by atoms with Crippen LogP contribution in [0.5, 0.6) is 5.88 Å². The third-order valence-electron chi connectivity index (χ3n) is 4.56. The Kier molecular flexibility index (Phi) is 4.97. The first-order valence-electron chi connectivity index (χ1n) is 9.05. The van der Waals surface area contributed by atoms with Crippen molar-refractivity contribution in [2.45, 2.75) is 13.0 Å². The van der Waals surface area contributed by atoms with E-state index in [2.05, 4.69) is 10.2 Å². The number of fused-ring (bicyclic) bond motifs is 1. The van der Waals surface area contributed by atoms with Gasteiger partial charge >= 0.3 is 0 Å². The highest BCUT2D eigenvalue weighted by Gasteiger charge is 2.17. The summed E-state index contributed by atoms with van der Waals surface area (Å²) in [5, 5.41) is 19.5. The Morgan fingerprint density at radius 2 is 1.43 bits per heavy atom. The second kappa shape index (κ2) is 7.88. The van der Waals surface area contributed by atoms with Crippen LogP contribution < -0.4 is 0 Å². The number of carbonyl (C=O) groups excluding carboxylic acids is 1. The molecule has 0 fully saturated rings. The lowest BCUT2D eigenvalue weighted by Crippen LogP contribution is -1.98. The van der Waals surface area contributed by atoms with Gasteiger partial charge in [0.05, 0.1) is 18.5 Å². The summed E-state index contributed by atoms with van der Waals surface area (Å²) in [5.74, 6) is -0.355. The molecule has 0 radical (unpaired) electrons. The van der Waals surface area contributed by atoms with Crippen molar-refractivity contribution < 1.29 is 9.90 Å². The quantitative estimate of drug-likeness (QED) is 0.488. The van der Waals surface area contributed by atoms with Crippen LogP contribution in [-0.4, -0.2) is 15.6 Å². The molecule has 0 atom stereocenters. The van der Waals surface area contributed by atoms with E-state index in [0.717, 1.165) is 22.0 Å². The monoisotopic (exact) mass is 369 g/mol. The molecule has 0 saturated heterocycles. The molecule has 0 saturated carbocycles. The van der Waals surface area contributed by atoms with E-state index in [9.17, 15) is 9.90 Å². The fraction of sp³-hybridized carbons (Fsp3) is 0.0870. The Balaban J connectivity index is 1.65. The van der Waals surface area contributed by atoms with Crippen LogP contribution in [0, 0.1) is 0 Å². The average Bonchev–Trinajstić information content (AvgIpc) is 2.99. The summed E-state index contributed by atoms with van der Waals surface area (Å²) < 4.78 is 1.78. The van der Waals surface area contributed by atoms with Gasteiger partial charge in [0.1, 0.15) is 0 Å². The summed E-state index contributed by atoms with van der Waals surface area (Å²) in [6, 6.07) is 26.8. The van der Waals surface area contributed by atoms with Gasteiger partial charge in [-0.2, -0.15) is 0 Å². The van der Waals surface area contributed by atoms with E-state index in [-0.39, 0.29) is 18.2 Å². The number of rotatable bonds is 5. The highest BCUT2D eigenvalue weighted by atomic mass is 16.3. The van der Waals surface area contributed by atoms with E-state index in [1.54, 1.807) is 4.57 Å². The van der Waals surface area contributed by atoms with Crippen molar-refractivity contribution in [3.63, 3.8) is 0 Å². The van der Waals surface area contributed by atoms with Gasteiger partial charge in [0.25, 0.3) is 5.91 Å². The van der Waals surface area contributed by atoms with Crippen molar-refractivity contribution >= 4 is 22.5 Å². The molecule has 1 amide bonds. The molecule has 0 aliphatic rings. The van der Waals surface area contributed by atoms with E-state index in [1.165, 1.54) is 0 Å². The van der Waals surface area contributed by atoms with Gasteiger partial charge in [-0.3, -0.25) is 4.79 Å². The molecule has 1 heterocycles. The zero-order valence-corrected chi connectivity index (χ0v) is 15.2. The molecule has 138 valence electrons. The first-order valence-corrected chi connectivity index (χ1v) is 9.05. The van der Waals surface area contributed by atoms with Gasteiger partial charge in [0.2, 0.25) is 5.88 Å². The number of benzene rings is 3. The van der Waals surface area contributed by atoms with E-state index in [1.807, 2.05) is 84.9 Å². The van der Waals surface area contributed by atoms with Gasteiger partial charge in [-0.25, -0.2) is 0 Å². The number of aromatic nitrogens is 1. The Morgan fingerprint density at radius 3 is 2.14 bits per heavy atom. The van der Waals surface area contributed by atoms with Crippen LogP contribution in [0.4, 0.5) is 5.69 Å². The van der Waals surface area contributed by atoms with Crippen LogP contribution >= 0.6 is 0 Å². The Bertz CT molecular complexity index is 1130. The summed E-state index contributed by atoms with van der Waals surface area (Å²) in [5.41, 5.74) is 3.09. The number of hydrogen-bond donors (Lipinski definition) is 1. The largest absolute Gasteiger partial charge is 0.493 e. The zero-order valence-electron chi connectivity index (χ0n) is 15.2. The Hall–Kier alpha value is -3.73. The van der Waals surface area contributed by atoms with Crippen LogP contribution in [0.15, 0.2) is 95.2 Å². The summed E-state index contributed by atoms with van der Waals surface area (Å²) >= 11 is 0. The van der Waals surface area contributed by atoms with Crippen molar-refractivity contribution in [3.8, 4) is 5.88 Å². The molecule has 4 aromatic rings. The standard InChI is InChI=1S/C23H19N3O2/c27-21(15-17-9-3-1-4-10-17)24-25-22-19-13-7-8-14-20(19)26(23(22)28)16-18-11-5-2-6-12-18/h1-14,28H,15-16H2. The van der Waals surface area contributed by atoms with Gasteiger partial charge < -0.3 is 9.67 Å². The molecule has 1 N–H and O–H groups in total. The normalized spacial score (nSPS) is 11.3. The lowest BCUT2D eigenvalue weighted by atomic mass is 10.1. The topological polar surface area (TPSA) is 66.9 Å². The summed E-state index contributed by atoms with van der Waals surface area (Å²) in [6.07, 6.45) is 0.174. The molecule has 28 heavy (non-hydrogen) atoms. The number of nitrogens with zero attached hydrogens (tertiary/aromatic N) is 3. The van der Waals surface area contributed by atoms with E-state index < -0.39 is 0 Å². The number of aromatic hydroxyl groups is 1. The average molecular weight is 369 g/mol. The smallest absolute Gasteiger partial charge is 0.269 e. The molecular weight excluding hydrogens is 350 g/mol. The van der Waals surface area contributed by atoms with Crippen molar-refractivity contribution in [2.24, 2.45) is 10.2 Å². The lowest BCUT2D eigenvalue weighted by Gasteiger charge is -2.06. The minimum Gasteiger partial charge on any atom is -0.493 e. The third kappa shape index (κ3) is 3.69. The number of azo groups is 1. The summed E-state index contributed by atoms with van der Waals surface area (Å²) in [6.45, 7) is 0.501. The van der Waals surface area contributed by atoms with Crippen LogP contribution in [-0.2, 0) is 17.8 Å². The maximum Gasteiger partial charge on any atom is 0.269 e. The van der Waals surface area contributed by atoms with Gasteiger partial charge in [-0.05, 0) is 17.2 Å². The van der Waals surface area contributed by atoms with E-state index >= 15 is 0 Å². The number of hydrogen-bond acceptors (Lipinski definition) is 3. The second-order valence-electron chi connectivity index (χ2n) is 6.52. The Morgan fingerprint density at radius 1 is 0.821 bits per heavy atom. The third-order valence-corrected chi connectivity index (χ3v) is 4.56. The van der Waals surface area contributed by atoms with Gasteiger partial charge in [0, 0.05) is 5.39 Å². The van der Waals surface area contributed by atoms with Gasteiger partial charge in [-0.1, -0.05) is 78.9 Å². The molecule has 0 spiro atoms. The summed E-state index contributed by atoms with van der Waals surface area (Å²) in [4.78, 5) is 12.2. The molecule has 1 aromatic heterocycles. The van der Waals surface area contributed by atoms with Crippen molar-refractivity contribution in [2.75, 3.05) is 0 Å². The molecule has 5 heteroatoms. The number of amides is 1.